The Morgan fingerprint density at radius 1 is 1.21 bits per heavy atom. The molecule has 0 aliphatic rings. The van der Waals surface area contributed by atoms with E-state index in [1.54, 1.807) is 0 Å². The Labute approximate surface area is 116 Å². The van der Waals surface area contributed by atoms with Crippen LogP contribution in [0.4, 0.5) is 0 Å². The van der Waals surface area contributed by atoms with E-state index in [1.165, 1.54) is 5.56 Å². The minimum Gasteiger partial charge on any atom is -0.493 e. The lowest BCUT2D eigenvalue weighted by Crippen LogP contribution is -2.31. The lowest BCUT2D eigenvalue weighted by atomic mass is 9.87. The molecular formula is C16H25NO2. The summed E-state index contributed by atoms with van der Waals surface area (Å²) in [6.45, 7) is 10.8. The van der Waals surface area contributed by atoms with Gasteiger partial charge in [0, 0.05) is 6.04 Å². The standard InChI is InChI=1S/C16H25NO2/c1-12(2)17-15(18)10-11-19-14-8-6-13(7-9-14)16(3,4)5/h6-9,12H,10-11H2,1-5H3,(H,17,18). The normalized spacial score (nSPS) is 11.5. The number of nitrogens with one attached hydrogen (secondary N) is 1. The predicted molar refractivity (Wildman–Crippen MR) is 78.5 cm³/mol. The van der Waals surface area contributed by atoms with Gasteiger partial charge in [0.1, 0.15) is 5.75 Å². The smallest absolute Gasteiger partial charge is 0.223 e. The molecule has 0 aromatic heterocycles. The van der Waals surface area contributed by atoms with E-state index in [0.717, 1.165) is 5.75 Å². The van der Waals surface area contributed by atoms with Gasteiger partial charge in [-0.2, -0.15) is 0 Å². The number of ether oxygens (including phenoxy) is 1. The zero-order valence-corrected chi connectivity index (χ0v) is 12.6. The van der Waals surface area contributed by atoms with E-state index in [4.69, 9.17) is 4.74 Å². The minimum absolute atomic E-state index is 0.0290. The third-order valence-corrected chi connectivity index (χ3v) is 2.77. The van der Waals surface area contributed by atoms with Crippen LogP contribution in [-0.4, -0.2) is 18.6 Å². The summed E-state index contributed by atoms with van der Waals surface area (Å²) in [7, 11) is 0. The molecular weight excluding hydrogens is 238 g/mol. The summed E-state index contributed by atoms with van der Waals surface area (Å²) in [5.74, 6) is 0.839. The van der Waals surface area contributed by atoms with Crippen molar-refractivity contribution in [2.24, 2.45) is 0 Å². The van der Waals surface area contributed by atoms with E-state index in [2.05, 4.69) is 38.2 Å². The quantitative estimate of drug-likeness (QED) is 0.885. The van der Waals surface area contributed by atoms with Gasteiger partial charge in [-0.15, -0.1) is 0 Å². The van der Waals surface area contributed by atoms with Gasteiger partial charge in [0.05, 0.1) is 13.0 Å². The summed E-state index contributed by atoms with van der Waals surface area (Å²) >= 11 is 0. The molecule has 3 nitrogen and oxygen atoms in total. The average Bonchev–Trinajstić information content (AvgIpc) is 2.27. The summed E-state index contributed by atoms with van der Waals surface area (Å²) in [4.78, 5) is 11.4. The fourth-order valence-corrected chi connectivity index (χ4v) is 1.71. The molecule has 0 aliphatic carbocycles. The third kappa shape index (κ3) is 5.77. The predicted octanol–water partition coefficient (Wildman–Crippen LogP) is 3.28. The summed E-state index contributed by atoms with van der Waals surface area (Å²) in [6, 6.07) is 8.24. The zero-order chi connectivity index (χ0) is 14.5. The van der Waals surface area contributed by atoms with Crippen molar-refractivity contribution in [2.75, 3.05) is 6.61 Å². The van der Waals surface area contributed by atoms with Gasteiger partial charge in [-0.3, -0.25) is 4.79 Å². The number of benzene rings is 1. The van der Waals surface area contributed by atoms with Crippen LogP contribution in [0.5, 0.6) is 5.75 Å². The van der Waals surface area contributed by atoms with Gasteiger partial charge in [0.2, 0.25) is 5.91 Å². The van der Waals surface area contributed by atoms with Crippen molar-refractivity contribution in [3.05, 3.63) is 29.8 Å². The first-order valence-electron chi connectivity index (χ1n) is 6.82. The Kier molecular flexibility index (Phi) is 5.40. The van der Waals surface area contributed by atoms with Crippen molar-refractivity contribution in [1.29, 1.82) is 0 Å². The molecule has 0 unspecified atom stereocenters. The first kappa shape index (κ1) is 15.5. The van der Waals surface area contributed by atoms with Gasteiger partial charge in [0.15, 0.2) is 0 Å². The van der Waals surface area contributed by atoms with Crippen molar-refractivity contribution in [3.8, 4) is 5.75 Å². The topological polar surface area (TPSA) is 38.3 Å². The number of carbonyl (C=O) groups is 1. The van der Waals surface area contributed by atoms with Crippen LogP contribution in [-0.2, 0) is 10.2 Å². The molecule has 0 heterocycles. The second kappa shape index (κ2) is 6.60. The summed E-state index contributed by atoms with van der Waals surface area (Å²) in [6.07, 6.45) is 0.388. The Morgan fingerprint density at radius 3 is 2.26 bits per heavy atom. The second-order valence-corrected chi connectivity index (χ2v) is 6.10. The van der Waals surface area contributed by atoms with Crippen molar-refractivity contribution in [1.82, 2.24) is 5.32 Å². The van der Waals surface area contributed by atoms with Gasteiger partial charge in [-0.05, 0) is 37.0 Å². The van der Waals surface area contributed by atoms with Crippen LogP contribution in [0.25, 0.3) is 0 Å². The van der Waals surface area contributed by atoms with E-state index in [-0.39, 0.29) is 17.4 Å². The fourth-order valence-electron chi connectivity index (χ4n) is 1.71. The molecule has 3 heteroatoms. The Bertz CT molecular complexity index is 402. The zero-order valence-electron chi connectivity index (χ0n) is 12.6. The van der Waals surface area contributed by atoms with E-state index in [0.29, 0.717) is 13.0 Å². The molecule has 0 bridgehead atoms. The number of amides is 1. The number of hydrogen-bond acceptors (Lipinski definition) is 2. The monoisotopic (exact) mass is 263 g/mol. The molecule has 0 aliphatic heterocycles. The van der Waals surface area contributed by atoms with Crippen molar-refractivity contribution < 1.29 is 9.53 Å². The van der Waals surface area contributed by atoms with Crippen LogP contribution in [0.2, 0.25) is 0 Å². The lowest BCUT2D eigenvalue weighted by molar-refractivity contribution is -0.122. The number of carbonyl (C=O) groups excluding carboxylic acids is 1. The number of hydrogen-bond donors (Lipinski definition) is 1. The highest BCUT2D eigenvalue weighted by Gasteiger charge is 2.13. The van der Waals surface area contributed by atoms with Crippen molar-refractivity contribution in [2.45, 2.75) is 52.5 Å². The van der Waals surface area contributed by atoms with Crippen LogP contribution in [0.1, 0.15) is 46.6 Å². The van der Waals surface area contributed by atoms with Crippen LogP contribution in [0.3, 0.4) is 0 Å². The molecule has 106 valence electrons. The van der Waals surface area contributed by atoms with Crippen LogP contribution in [0.15, 0.2) is 24.3 Å². The molecule has 1 aromatic carbocycles. The summed E-state index contributed by atoms with van der Waals surface area (Å²) in [5.41, 5.74) is 1.42. The first-order chi connectivity index (χ1) is 8.79. The maximum Gasteiger partial charge on any atom is 0.223 e. The highest BCUT2D eigenvalue weighted by molar-refractivity contribution is 5.76. The lowest BCUT2D eigenvalue weighted by Gasteiger charge is -2.19. The van der Waals surface area contributed by atoms with Crippen LogP contribution >= 0.6 is 0 Å². The molecule has 1 N–H and O–H groups in total. The molecule has 19 heavy (non-hydrogen) atoms. The van der Waals surface area contributed by atoms with E-state index in [1.807, 2.05) is 26.0 Å². The van der Waals surface area contributed by atoms with Gasteiger partial charge in [-0.25, -0.2) is 0 Å². The SMILES string of the molecule is CC(C)NC(=O)CCOc1ccc(C(C)(C)C)cc1. The largest absolute Gasteiger partial charge is 0.493 e. The Hall–Kier alpha value is -1.51. The van der Waals surface area contributed by atoms with Gasteiger partial charge >= 0.3 is 0 Å². The number of rotatable bonds is 5. The highest BCUT2D eigenvalue weighted by atomic mass is 16.5. The summed E-state index contributed by atoms with van der Waals surface area (Å²) < 4.78 is 5.57. The molecule has 0 fully saturated rings. The average molecular weight is 263 g/mol. The molecule has 1 amide bonds. The van der Waals surface area contributed by atoms with Gasteiger partial charge in [0.25, 0.3) is 0 Å². The molecule has 1 aromatic rings. The van der Waals surface area contributed by atoms with Crippen LogP contribution < -0.4 is 10.1 Å². The van der Waals surface area contributed by atoms with E-state index < -0.39 is 0 Å². The molecule has 0 atom stereocenters. The summed E-state index contributed by atoms with van der Waals surface area (Å²) in [5, 5.41) is 2.84. The second-order valence-electron chi connectivity index (χ2n) is 6.10. The molecule has 0 saturated heterocycles. The van der Waals surface area contributed by atoms with Crippen molar-refractivity contribution in [3.63, 3.8) is 0 Å². The molecule has 0 radical (unpaired) electrons. The van der Waals surface area contributed by atoms with Crippen molar-refractivity contribution >= 4 is 5.91 Å². The fraction of sp³-hybridized carbons (Fsp3) is 0.562. The van der Waals surface area contributed by atoms with E-state index >= 15 is 0 Å². The first-order valence-corrected chi connectivity index (χ1v) is 6.82. The molecule has 0 saturated carbocycles. The minimum atomic E-state index is 0.0290. The van der Waals surface area contributed by atoms with Gasteiger partial charge < -0.3 is 10.1 Å². The Balaban J connectivity index is 2.40. The van der Waals surface area contributed by atoms with Gasteiger partial charge in [-0.1, -0.05) is 32.9 Å². The highest BCUT2D eigenvalue weighted by Crippen LogP contribution is 2.24. The third-order valence-electron chi connectivity index (χ3n) is 2.77. The molecule has 0 spiro atoms. The molecule has 1 rings (SSSR count). The Morgan fingerprint density at radius 2 is 1.79 bits per heavy atom. The van der Waals surface area contributed by atoms with Crippen LogP contribution in [0, 0.1) is 0 Å². The van der Waals surface area contributed by atoms with E-state index in [9.17, 15) is 4.79 Å². The maximum atomic E-state index is 11.4. The maximum absolute atomic E-state index is 11.4.